The summed E-state index contributed by atoms with van der Waals surface area (Å²) >= 11 is 0. The molecule has 2 rings (SSSR count). The molecular formula is C11H8N4O5. The summed E-state index contributed by atoms with van der Waals surface area (Å²) in [6.45, 7) is 0. The Bertz CT molecular complexity index is 694. The third-order valence-electron chi connectivity index (χ3n) is 2.35. The summed E-state index contributed by atoms with van der Waals surface area (Å²) in [4.78, 5) is 38.3. The third kappa shape index (κ3) is 2.77. The van der Waals surface area contributed by atoms with E-state index in [1.807, 2.05) is 0 Å². The van der Waals surface area contributed by atoms with E-state index in [0.717, 1.165) is 6.07 Å². The van der Waals surface area contributed by atoms with Gasteiger partial charge in [-0.3, -0.25) is 4.79 Å². The predicted octanol–water partition coefficient (Wildman–Crippen LogP) is 1.27. The van der Waals surface area contributed by atoms with Crippen LogP contribution in [0.15, 0.2) is 30.5 Å². The van der Waals surface area contributed by atoms with Crippen LogP contribution in [0.3, 0.4) is 0 Å². The fourth-order valence-electron chi connectivity index (χ4n) is 1.45. The molecule has 2 aromatic heterocycles. The van der Waals surface area contributed by atoms with Gasteiger partial charge in [0.2, 0.25) is 0 Å². The maximum atomic E-state index is 11.8. The number of pyridine rings is 1. The lowest BCUT2D eigenvalue weighted by Gasteiger charge is -2.02. The Morgan fingerprint density at radius 1 is 1.35 bits per heavy atom. The molecule has 0 aromatic carbocycles. The van der Waals surface area contributed by atoms with E-state index in [-0.39, 0.29) is 22.9 Å². The quantitative estimate of drug-likeness (QED) is 0.567. The van der Waals surface area contributed by atoms with E-state index in [4.69, 9.17) is 5.11 Å². The number of carbonyl (C=O) groups is 2. The van der Waals surface area contributed by atoms with Gasteiger partial charge >= 0.3 is 11.8 Å². The number of hydrogen-bond acceptors (Lipinski definition) is 5. The van der Waals surface area contributed by atoms with Crippen molar-refractivity contribution < 1.29 is 19.6 Å². The largest absolute Gasteiger partial charge is 0.477 e. The van der Waals surface area contributed by atoms with Crippen molar-refractivity contribution in [2.75, 3.05) is 5.32 Å². The van der Waals surface area contributed by atoms with Crippen LogP contribution in [0.4, 0.5) is 11.5 Å². The summed E-state index contributed by atoms with van der Waals surface area (Å²) in [5, 5.41) is 21.7. The molecule has 0 spiro atoms. The van der Waals surface area contributed by atoms with Gasteiger partial charge in [-0.15, -0.1) is 0 Å². The second-order valence-corrected chi connectivity index (χ2v) is 3.70. The van der Waals surface area contributed by atoms with Gasteiger partial charge in [-0.2, -0.15) is 0 Å². The molecule has 102 valence electrons. The minimum atomic E-state index is -1.23. The van der Waals surface area contributed by atoms with Crippen LogP contribution in [-0.2, 0) is 0 Å². The van der Waals surface area contributed by atoms with E-state index < -0.39 is 16.8 Å². The molecule has 9 heteroatoms. The molecular weight excluding hydrogens is 268 g/mol. The van der Waals surface area contributed by atoms with E-state index in [9.17, 15) is 19.7 Å². The molecule has 0 radical (unpaired) electrons. The number of nitro groups is 1. The van der Waals surface area contributed by atoms with Crippen LogP contribution in [0.5, 0.6) is 0 Å². The van der Waals surface area contributed by atoms with Crippen molar-refractivity contribution in [3.63, 3.8) is 0 Å². The normalized spacial score (nSPS) is 10.0. The summed E-state index contributed by atoms with van der Waals surface area (Å²) in [6, 6.07) is 5.00. The summed E-state index contributed by atoms with van der Waals surface area (Å²) in [5.41, 5.74) is -0.00898. The lowest BCUT2D eigenvalue weighted by molar-refractivity contribution is -0.389. The van der Waals surface area contributed by atoms with Gasteiger partial charge < -0.3 is 20.5 Å². The highest BCUT2D eigenvalue weighted by Crippen LogP contribution is 2.13. The van der Waals surface area contributed by atoms with E-state index in [2.05, 4.69) is 15.3 Å². The monoisotopic (exact) mass is 276 g/mol. The molecule has 20 heavy (non-hydrogen) atoms. The van der Waals surface area contributed by atoms with Gasteiger partial charge in [0, 0.05) is 18.0 Å². The van der Waals surface area contributed by atoms with Gasteiger partial charge in [-0.1, -0.05) is 0 Å². The molecule has 0 saturated carbocycles. The fraction of sp³-hybridized carbons (Fsp3) is 0. The lowest BCUT2D eigenvalue weighted by Crippen LogP contribution is -2.13. The molecule has 0 bridgehead atoms. The highest BCUT2D eigenvalue weighted by atomic mass is 16.6. The number of carbonyl (C=O) groups excluding carboxylic acids is 1. The third-order valence-corrected chi connectivity index (χ3v) is 2.35. The van der Waals surface area contributed by atoms with Crippen LogP contribution in [0.25, 0.3) is 0 Å². The minimum Gasteiger partial charge on any atom is -0.477 e. The number of nitrogens with one attached hydrogen (secondary N) is 2. The molecule has 1 amide bonds. The number of amides is 1. The number of nitrogens with zero attached hydrogens (tertiary/aromatic N) is 2. The topological polar surface area (TPSA) is 138 Å². The highest BCUT2D eigenvalue weighted by molar-refractivity contribution is 6.03. The Balaban J connectivity index is 2.16. The molecule has 0 aliphatic rings. The van der Waals surface area contributed by atoms with Crippen molar-refractivity contribution in [1.29, 1.82) is 0 Å². The van der Waals surface area contributed by atoms with Crippen molar-refractivity contribution in [3.8, 4) is 0 Å². The van der Waals surface area contributed by atoms with Crippen LogP contribution in [0, 0.1) is 10.1 Å². The van der Waals surface area contributed by atoms with E-state index in [1.165, 1.54) is 24.4 Å². The Hall–Kier alpha value is -3.23. The smallest absolute Gasteiger partial charge is 0.354 e. The number of carboxylic acids is 1. The van der Waals surface area contributed by atoms with Gasteiger partial charge in [-0.25, -0.2) is 14.8 Å². The summed E-state index contributed by atoms with van der Waals surface area (Å²) in [5.74, 6) is -2.16. The van der Waals surface area contributed by atoms with Gasteiger partial charge in [0.25, 0.3) is 5.91 Å². The molecule has 2 heterocycles. The zero-order valence-corrected chi connectivity index (χ0v) is 9.86. The number of H-pyrrole nitrogens is 1. The highest BCUT2D eigenvalue weighted by Gasteiger charge is 2.16. The van der Waals surface area contributed by atoms with E-state index in [0.29, 0.717) is 0 Å². The predicted molar refractivity (Wildman–Crippen MR) is 66.6 cm³/mol. The van der Waals surface area contributed by atoms with Crippen LogP contribution in [0.1, 0.15) is 21.0 Å². The summed E-state index contributed by atoms with van der Waals surface area (Å²) in [6.07, 6.45) is 1.23. The Labute approximate surface area is 111 Å². The van der Waals surface area contributed by atoms with Gasteiger partial charge in [0.1, 0.15) is 5.69 Å². The number of anilines is 1. The minimum absolute atomic E-state index is 0.00890. The molecule has 0 saturated heterocycles. The number of hydrogen-bond donors (Lipinski definition) is 3. The second-order valence-electron chi connectivity index (χ2n) is 3.70. The molecule has 2 aromatic rings. The summed E-state index contributed by atoms with van der Waals surface area (Å²) < 4.78 is 0. The van der Waals surface area contributed by atoms with Crippen LogP contribution in [0.2, 0.25) is 0 Å². The van der Waals surface area contributed by atoms with Crippen LogP contribution < -0.4 is 5.32 Å². The van der Waals surface area contributed by atoms with Crippen molar-refractivity contribution >= 4 is 23.4 Å². The Kier molecular flexibility index (Phi) is 3.42. The molecule has 0 atom stereocenters. The summed E-state index contributed by atoms with van der Waals surface area (Å²) in [7, 11) is 0. The van der Waals surface area contributed by atoms with Crippen molar-refractivity contribution in [2.45, 2.75) is 0 Å². The molecule has 0 fully saturated rings. The van der Waals surface area contributed by atoms with Gasteiger partial charge in [0.15, 0.2) is 5.69 Å². The standard InChI is InChI=1S/C11H8N4O5/c16-10(7-1-2-9(14-7)15(19)20)13-6-3-4-12-8(5-6)11(17)18/h1-5,14H,(H,17,18)(H,12,13,16). The van der Waals surface area contributed by atoms with Crippen molar-refractivity contribution in [2.24, 2.45) is 0 Å². The number of aromatic nitrogens is 2. The second kappa shape index (κ2) is 5.18. The van der Waals surface area contributed by atoms with Crippen molar-refractivity contribution in [3.05, 3.63) is 52.0 Å². The average Bonchev–Trinajstić information content (AvgIpc) is 2.88. The van der Waals surface area contributed by atoms with E-state index >= 15 is 0 Å². The number of carboxylic acid groups (broad SMARTS) is 1. The maximum absolute atomic E-state index is 11.8. The molecule has 3 N–H and O–H groups in total. The van der Waals surface area contributed by atoms with E-state index in [1.54, 1.807) is 0 Å². The Morgan fingerprint density at radius 2 is 2.10 bits per heavy atom. The first-order valence-electron chi connectivity index (χ1n) is 5.31. The Morgan fingerprint density at radius 3 is 2.70 bits per heavy atom. The lowest BCUT2D eigenvalue weighted by atomic mass is 10.3. The molecule has 0 aliphatic heterocycles. The average molecular weight is 276 g/mol. The number of rotatable bonds is 4. The van der Waals surface area contributed by atoms with Gasteiger partial charge in [-0.05, 0) is 23.1 Å². The molecule has 9 nitrogen and oxygen atoms in total. The first-order chi connectivity index (χ1) is 9.47. The molecule has 0 unspecified atom stereocenters. The maximum Gasteiger partial charge on any atom is 0.354 e. The number of aromatic amines is 1. The first kappa shape index (κ1) is 13.2. The number of aromatic carboxylic acids is 1. The van der Waals surface area contributed by atoms with Gasteiger partial charge in [0.05, 0.1) is 0 Å². The SMILES string of the molecule is O=C(O)c1cc(NC(=O)c2ccc([N+](=O)[O-])[nH]2)ccn1. The fourth-order valence-corrected chi connectivity index (χ4v) is 1.45. The first-order valence-corrected chi connectivity index (χ1v) is 5.31. The zero-order chi connectivity index (χ0) is 14.7. The van der Waals surface area contributed by atoms with Crippen LogP contribution >= 0.6 is 0 Å². The molecule has 0 aliphatic carbocycles. The van der Waals surface area contributed by atoms with Crippen LogP contribution in [-0.4, -0.2) is 31.9 Å². The van der Waals surface area contributed by atoms with Crippen molar-refractivity contribution in [1.82, 2.24) is 9.97 Å². The zero-order valence-electron chi connectivity index (χ0n) is 9.86.